The molecule has 19 heavy (non-hydrogen) atoms. The van der Waals surface area contributed by atoms with E-state index < -0.39 is 16.8 Å². The largest absolute Gasteiger partial charge is 0.481 e. The lowest BCUT2D eigenvalue weighted by molar-refractivity contribution is -0.384. The summed E-state index contributed by atoms with van der Waals surface area (Å²) in [7, 11) is 0. The molecule has 0 aliphatic heterocycles. The van der Waals surface area contributed by atoms with Crippen LogP contribution in [0.1, 0.15) is 30.3 Å². The molecule has 0 bridgehead atoms. The van der Waals surface area contributed by atoms with Crippen LogP contribution in [0.5, 0.6) is 0 Å². The maximum atomic E-state index is 11.8. The molecule has 1 heterocycles. The zero-order valence-electron chi connectivity index (χ0n) is 10.5. The quantitative estimate of drug-likeness (QED) is 0.435. The number of hydrogen-bond donors (Lipinski definition) is 2. The molecule has 104 valence electrons. The lowest BCUT2D eigenvalue weighted by Crippen LogP contribution is -2.27. The van der Waals surface area contributed by atoms with Crippen LogP contribution in [-0.2, 0) is 11.3 Å². The van der Waals surface area contributed by atoms with Gasteiger partial charge in [0.15, 0.2) is 0 Å². The highest BCUT2D eigenvalue weighted by molar-refractivity contribution is 5.93. The zero-order chi connectivity index (χ0) is 14.4. The summed E-state index contributed by atoms with van der Waals surface area (Å²) in [4.78, 5) is 32.2. The van der Waals surface area contributed by atoms with Crippen molar-refractivity contribution in [1.29, 1.82) is 0 Å². The topological polar surface area (TPSA) is 114 Å². The van der Waals surface area contributed by atoms with Crippen LogP contribution in [0.2, 0.25) is 0 Å². The predicted molar refractivity (Wildman–Crippen MR) is 66.0 cm³/mol. The molecule has 8 nitrogen and oxygen atoms in total. The molecule has 0 aromatic carbocycles. The Morgan fingerprint density at radius 1 is 1.53 bits per heavy atom. The highest BCUT2D eigenvalue weighted by atomic mass is 16.6. The fourth-order valence-electron chi connectivity index (χ4n) is 1.58. The van der Waals surface area contributed by atoms with Gasteiger partial charge in [0, 0.05) is 25.6 Å². The minimum absolute atomic E-state index is 0.0325. The van der Waals surface area contributed by atoms with E-state index in [4.69, 9.17) is 5.11 Å². The first-order chi connectivity index (χ1) is 8.95. The zero-order valence-corrected chi connectivity index (χ0v) is 10.5. The Labute approximate surface area is 109 Å². The van der Waals surface area contributed by atoms with E-state index >= 15 is 0 Å². The molecule has 1 rings (SSSR count). The summed E-state index contributed by atoms with van der Waals surface area (Å²) in [5, 5.41) is 21.6. The molecule has 0 spiro atoms. The summed E-state index contributed by atoms with van der Waals surface area (Å²) in [5.41, 5.74) is 0.0575. The summed E-state index contributed by atoms with van der Waals surface area (Å²) in [6.45, 7) is 2.42. The summed E-state index contributed by atoms with van der Waals surface area (Å²) >= 11 is 0. The second-order valence-corrected chi connectivity index (χ2v) is 3.88. The van der Waals surface area contributed by atoms with Crippen molar-refractivity contribution in [1.82, 2.24) is 9.88 Å². The van der Waals surface area contributed by atoms with Crippen LogP contribution in [0.15, 0.2) is 12.3 Å². The number of carboxylic acids is 1. The van der Waals surface area contributed by atoms with Gasteiger partial charge in [0.25, 0.3) is 11.6 Å². The third-order valence-corrected chi connectivity index (χ3v) is 2.52. The molecule has 8 heteroatoms. The average Bonchev–Trinajstić information content (AvgIpc) is 2.78. The van der Waals surface area contributed by atoms with Crippen molar-refractivity contribution in [3.05, 3.63) is 28.1 Å². The molecule has 0 fully saturated rings. The molecule has 2 N–H and O–H groups in total. The van der Waals surface area contributed by atoms with Gasteiger partial charge in [0.05, 0.1) is 11.1 Å². The van der Waals surface area contributed by atoms with Crippen molar-refractivity contribution in [2.75, 3.05) is 6.54 Å². The molecule has 1 aromatic heterocycles. The number of carbonyl (C=O) groups is 2. The van der Waals surface area contributed by atoms with Gasteiger partial charge < -0.3 is 15.0 Å². The van der Waals surface area contributed by atoms with E-state index in [1.54, 1.807) is 6.92 Å². The first-order valence-electron chi connectivity index (χ1n) is 5.80. The first kappa shape index (κ1) is 14.7. The van der Waals surface area contributed by atoms with Crippen LogP contribution >= 0.6 is 0 Å². The van der Waals surface area contributed by atoms with Crippen molar-refractivity contribution >= 4 is 17.6 Å². The van der Waals surface area contributed by atoms with Gasteiger partial charge in [-0.2, -0.15) is 0 Å². The minimum atomic E-state index is -0.929. The molecule has 0 saturated carbocycles. The van der Waals surface area contributed by atoms with E-state index in [1.165, 1.54) is 16.8 Å². The van der Waals surface area contributed by atoms with Crippen molar-refractivity contribution in [3.8, 4) is 0 Å². The number of carbonyl (C=O) groups excluding carboxylic acids is 1. The molecular weight excluding hydrogens is 254 g/mol. The maximum Gasteiger partial charge on any atom is 0.303 e. The van der Waals surface area contributed by atoms with Crippen LogP contribution < -0.4 is 5.32 Å². The Bertz CT molecular complexity index is 495. The highest BCUT2D eigenvalue weighted by Gasteiger charge is 2.18. The molecule has 0 radical (unpaired) electrons. The Hall–Kier alpha value is -2.38. The average molecular weight is 269 g/mol. The van der Waals surface area contributed by atoms with E-state index in [9.17, 15) is 19.7 Å². The van der Waals surface area contributed by atoms with Gasteiger partial charge in [-0.15, -0.1) is 0 Å². The van der Waals surface area contributed by atoms with Crippen molar-refractivity contribution in [2.45, 2.75) is 26.3 Å². The molecule has 1 aromatic rings. The number of rotatable bonds is 7. The van der Waals surface area contributed by atoms with Gasteiger partial charge in [0.2, 0.25) is 0 Å². The van der Waals surface area contributed by atoms with Gasteiger partial charge in [-0.05, 0) is 13.3 Å². The van der Waals surface area contributed by atoms with Gasteiger partial charge in [-0.25, -0.2) is 0 Å². The Kier molecular flexibility index (Phi) is 5.04. The monoisotopic (exact) mass is 269 g/mol. The van der Waals surface area contributed by atoms with E-state index in [1.807, 2.05) is 0 Å². The summed E-state index contributed by atoms with van der Waals surface area (Å²) in [6.07, 6.45) is 1.58. The standard InChI is InChI=1S/C11H15N3O5/c1-2-13-7-8(14(18)19)6-9(13)11(17)12-5-3-4-10(15)16/h6-7H,2-5H2,1H3,(H,12,17)(H,15,16). The Morgan fingerprint density at radius 3 is 2.74 bits per heavy atom. The van der Waals surface area contributed by atoms with Crippen LogP contribution in [-0.4, -0.2) is 33.0 Å². The molecule has 0 atom stereocenters. The molecular formula is C11H15N3O5. The number of carboxylic acid groups (broad SMARTS) is 1. The molecule has 0 aliphatic carbocycles. The first-order valence-corrected chi connectivity index (χ1v) is 5.80. The van der Waals surface area contributed by atoms with Crippen LogP contribution in [0.3, 0.4) is 0 Å². The second kappa shape index (κ2) is 6.53. The van der Waals surface area contributed by atoms with Crippen LogP contribution in [0.4, 0.5) is 5.69 Å². The summed E-state index contributed by atoms with van der Waals surface area (Å²) in [6, 6.07) is 1.20. The third-order valence-electron chi connectivity index (χ3n) is 2.52. The van der Waals surface area contributed by atoms with Crippen molar-refractivity contribution in [2.24, 2.45) is 0 Å². The van der Waals surface area contributed by atoms with Crippen molar-refractivity contribution in [3.63, 3.8) is 0 Å². The van der Waals surface area contributed by atoms with Gasteiger partial charge in [-0.3, -0.25) is 19.7 Å². The number of aryl methyl sites for hydroxylation is 1. The van der Waals surface area contributed by atoms with Gasteiger partial charge in [0.1, 0.15) is 5.69 Å². The number of amides is 1. The van der Waals surface area contributed by atoms with E-state index in [-0.39, 0.29) is 24.3 Å². The summed E-state index contributed by atoms with van der Waals surface area (Å²) < 4.78 is 1.48. The maximum absolute atomic E-state index is 11.8. The molecule has 0 saturated heterocycles. The van der Waals surface area contributed by atoms with E-state index in [2.05, 4.69) is 5.32 Å². The van der Waals surface area contributed by atoms with Gasteiger partial charge >= 0.3 is 5.97 Å². The predicted octanol–water partition coefficient (Wildman–Crippen LogP) is 1.01. The second-order valence-electron chi connectivity index (χ2n) is 3.88. The van der Waals surface area contributed by atoms with Crippen molar-refractivity contribution < 1.29 is 19.6 Å². The summed E-state index contributed by atoms with van der Waals surface area (Å²) in [5.74, 6) is -1.37. The van der Waals surface area contributed by atoms with Crippen LogP contribution in [0, 0.1) is 10.1 Å². The van der Waals surface area contributed by atoms with E-state index in [0.29, 0.717) is 13.0 Å². The minimum Gasteiger partial charge on any atom is -0.481 e. The fraction of sp³-hybridized carbons (Fsp3) is 0.455. The lowest BCUT2D eigenvalue weighted by atomic mass is 10.3. The molecule has 0 aliphatic rings. The fourth-order valence-corrected chi connectivity index (χ4v) is 1.58. The SMILES string of the molecule is CCn1cc([N+](=O)[O-])cc1C(=O)NCCCC(=O)O. The molecule has 1 amide bonds. The number of nitrogens with one attached hydrogen (secondary N) is 1. The Balaban J connectivity index is 2.65. The smallest absolute Gasteiger partial charge is 0.303 e. The number of aliphatic carboxylic acids is 1. The number of nitro groups is 1. The lowest BCUT2D eigenvalue weighted by Gasteiger charge is -2.06. The van der Waals surface area contributed by atoms with Crippen LogP contribution in [0.25, 0.3) is 0 Å². The van der Waals surface area contributed by atoms with Gasteiger partial charge in [-0.1, -0.05) is 0 Å². The number of nitrogens with zero attached hydrogens (tertiary/aromatic N) is 2. The number of aromatic nitrogens is 1. The highest BCUT2D eigenvalue weighted by Crippen LogP contribution is 2.16. The normalized spacial score (nSPS) is 10.2. The van der Waals surface area contributed by atoms with E-state index in [0.717, 1.165) is 0 Å². The molecule has 0 unspecified atom stereocenters. The Morgan fingerprint density at radius 2 is 2.21 bits per heavy atom. The third kappa shape index (κ3) is 4.09. The number of hydrogen-bond acceptors (Lipinski definition) is 4.